The van der Waals surface area contributed by atoms with Crippen molar-refractivity contribution in [3.63, 3.8) is 0 Å². The maximum Gasteiger partial charge on any atom is 0.490 e. The molecule has 6 atom stereocenters. The molecule has 0 aromatic carbocycles. The predicted octanol–water partition coefficient (Wildman–Crippen LogP) is -1.43. The zero-order chi connectivity index (χ0) is 22.9. The van der Waals surface area contributed by atoms with E-state index in [0.717, 1.165) is 10.8 Å². The number of nitrogens with two attached hydrogens (primary N) is 1. The lowest BCUT2D eigenvalue weighted by atomic mass is 10.0. The van der Waals surface area contributed by atoms with Crippen molar-refractivity contribution in [3.8, 4) is 6.07 Å². The zero-order valence-electron chi connectivity index (χ0n) is 14.4. The highest BCUT2D eigenvalue weighted by atomic mass is 31.3. The topological polar surface area (TPSA) is 274 Å². The number of aromatic nitrogens is 2. The molecule has 0 saturated carbocycles. The van der Waals surface area contributed by atoms with E-state index in [4.69, 9.17) is 25.2 Å². The lowest BCUT2D eigenvalue weighted by molar-refractivity contribution is -0.0460. The van der Waals surface area contributed by atoms with Crippen LogP contribution in [0.15, 0.2) is 17.1 Å². The first-order valence-corrected chi connectivity index (χ1v) is 12.0. The maximum absolute atomic E-state index is 11.9. The Kier molecular flexibility index (Phi) is 7.37. The van der Waals surface area contributed by atoms with Crippen LogP contribution in [0.25, 0.3) is 0 Å². The second kappa shape index (κ2) is 8.93. The summed E-state index contributed by atoms with van der Waals surface area (Å²) in [5.41, 5.74) is 4.44. The number of nitrogen functional groups attached to an aromatic ring is 1. The minimum Gasteiger partial charge on any atom is -0.389 e. The number of nitriles is 1. The molecule has 30 heavy (non-hydrogen) atoms. The number of phosphoric ester groups is 1. The molecule has 0 spiro atoms. The Balaban J connectivity index is 2.11. The van der Waals surface area contributed by atoms with Gasteiger partial charge in [0.15, 0.2) is 6.23 Å². The first kappa shape index (κ1) is 24.8. The van der Waals surface area contributed by atoms with E-state index in [9.17, 15) is 33.8 Å². The van der Waals surface area contributed by atoms with Gasteiger partial charge < -0.3 is 35.2 Å². The van der Waals surface area contributed by atoms with Gasteiger partial charge >= 0.3 is 29.2 Å². The minimum atomic E-state index is -5.72. The van der Waals surface area contributed by atoms with Crippen LogP contribution in [-0.2, 0) is 31.6 Å². The number of anilines is 1. The summed E-state index contributed by atoms with van der Waals surface area (Å²) in [7, 11) is -16.8. The Morgan fingerprint density at radius 2 is 1.87 bits per heavy atom. The molecule has 168 valence electrons. The minimum absolute atomic E-state index is 0.118. The summed E-state index contributed by atoms with van der Waals surface area (Å²) in [6.07, 6.45) is -3.41. The summed E-state index contributed by atoms with van der Waals surface area (Å²) in [6, 6.07) is 2.91. The van der Waals surface area contributed by atoms with Gasteiger partial charge in [-0.25, -0.2) is 18.5 Å². The maximum atomic E-state index is 11.9. The van der Waals surface area contributed by atoms with Crippen LogP contribution in [0, 0.1) is 17.2 Å². The molecular formula is C10H15N4O13P3. The Labute approximate surface area is 166 Å². The van der Waals surface area contributed by atoms with Crippen LogP contribution in [-0.4, -0.2) is 53.0 Å². The molecule has 0 aliphatic carbocycles. The van der Waals surface area contributed by atoms with Crippen molar-refractivity contribution in [3.05, 3.63) is 22.7 Å². The van der Waals surface area contributed by atoms with E-state index >= 15 is 0 Å². The molecule has 0 radical (unpaired) electrons. The highest BCUT2D eigenvalue weighted by Crippen LogP contribution is 2.66. The Hall–Kier alpha value is -1.50. The normalized spacial score (nSPS) is 28.4. The van der Waals surface area contributed by atoms with Crippen LogP contribution in [0.3, 0.4) is 0 Å². The highest BCUT2D eigenvalue weighted by Gasteiger charge is 2.47. The molecule has 2 unspecified atom stereocenters. The van der Waals surface area contributed by atoms with E-state index in [2.05, 4.69) is 18.1 Å². The van der Waals surface area contributed by atoms with Crippen LogP contribution < -0.4 is 11.4 Å². The van der Waals surface area contributed by atoms with Gasteiger partial charge in [-0.1, -0.05) is 0 Å². The van der Waals surface area contributed by atoms with Crippen LogP contribution >= 0.6 is 23.5 Å². The van der Waals surface area contributed by atoms with Gasteiger partial charge in [-0.05, 0) is 6.07 Å². The van der Waals surface area contributed by atoms with Crippen molar-refractivity contribution >= 4 is 29.3 Å². The van der Waals surface area contributed by atoms with Crippen LogP contribution in [0.5, 0.6) is 0 Å². The summed E-state index contributed by atoms with van der Waals surface area (Å²) in [4.78, 5) is 50.8. The van der Waals surface area contributed by atoms with E-state index in [1.54, 1.807) is 6.07 Å². The third-order valence-electron chi connectivity index (χ3n) is 3.46. The number of aliphatic hydroxyl groups is 1. The fraction of sp³-hybridized carbons (Fsp3) is 0.500. The first-order chi connectivity index (χ1) is 13.6. The molecule has 1 aromatic heterocycles. The number of phosphoric acid groups is 3. The number of hydrogen-bond acceptors (Lipinski definition) is 12. The van der Waals surface area contributed by atoms with Crippen LogP contribution in [0.4, 0.5) is 5.82 Å². The van der Waals surface area contributed by atoms with Gasteiger partial charge in [-0.15, -0.1) is 0 Å². The number of nitrogens with zero attached hydrogens (tertiary/aromatic N) is 3. The highest BCUT2D eigenvalue weighted by molar-refractivity contribution is 7.66. The standard InChI is InChI=1S/C10H15N4O13P3/c11-3-5-8(15)6(25-9(5)14-2-1-7(12)13-10(14)16)4-24-29(20,21)27-30(22,23)26-28(17,18)19/h1-2,5-6,8-9,15H,4H2,(H,20,21)(H,22,23)(H2,12,13,16)(H2,17,18,19)/t5-,6-,8+,9-/m1/s1. The quantitative estimate of drug-likeness (QED) is 0.227. The molecule has 20 heteroatoms. The predicted molar refractivity (Wildman–Crippen MR) is 91.7 cm³/mol. The zero-order valence-corrected chi connectivity index (χ0v) is 17.1. The molecule has 1 aliphatic rings. The average Bonchev–Trinajstić information content (AvgIpc) is 2.85. The van der Waals surface area contributed by atoms with Crippen molar-refractivity contribution < 1.29 is 56.3 Å². The van der Waals surface area contributed by atoms with E-state index in [1.807, 2.05) is 0 Å². The molecule has 0 bridgehead atoms. The fourth-order valence-electron chi connectivity index (χ4n) is 2.35. The van der Waals surface area contributed by atoms with Gasteiger partial charge in [-0.2, -0.15) is 18.9 Å². The van der Waals surface area contributed by atoms with Crippen molar-refractivity contribution in [2.24, 2.45) is 5.92 Å². The van der Waals surface area contributed by atoms with Crippen molar-refractivity contribution in [1.29, 1.82) is 5.26 Å². The molecule has 2 rings (SSSR count). The van der Waals surface area contributed by atoms with Gasteiger partial charge in [-0.3, -0.25) is 9.09 Å². The second-order valence-corrected chi connectivity index (χ2v) is 10.1. The lowest BCUT2D eigenvalue weighted by Gasteiger charge is -2.19. The molecule has 0 amide bonds. The Morgan fingerprint density at radius 3 is 2.40 bits per heavy atom. The van der Waals surface area contributed by atoms with E-state index in [1.165, 1.54) is 6.07 Å². The fourth-order valence-corrected chi connectivity index (χ4v) is 5.38. The number of hydrogen-bond donors (Lipinski definition) is 6. The van der Waals surface area contributed by atoms with Gasteiger partial charge in [0.05, 0.1) is 12.7 Å². The molecular weight excluding hydrogens is 477 g/mol. The first-order valence-electron chi connectivity index (χ1n) is 7.50. The van der Waals surface area contributed by atoms with Crippen LogP contribution in [0.1, 0.15) is 6.23 Å². The third kappa shape index (κ3) is 6.50. The molecule has 7 N–H and O–H groups in total. The summed E-state index contributed by atoms with van der Waals surface area (Å²) in [6.45, 7) is -1.00. The van der Waals surface area contributed by atoms with Crippen LogP contribution in [0.2, 0.25) is 0 Å². The average molecular weight is 492 g/mol. The second-order valence-electron chi connectivity index (χ2n) is 5.64. The van der Waals surface area contributed by atoms with Crippen molar-refractivity contribution in [2.75, 3.05) is 12.3 Å². The third-order valence-corrected chi connectivity index (χ3v) is 7.27. The Bertz CT molecular complexity index is 1030. The number of rotatable bonds is 8. The largest absolute Gasteiger partial charge is 0.490 e. The summed E-state index contributed by atoms with van der Waals surface area (Å²) in [5.74, 6) is -1.48. The van der Waals surface area contributed by atoms with Gasteiger partial charge in [0, 0.05) is 6.20 Å². The summed E-state index contributed by atoms with van der Waals surface area (Å²) in [5, 5.41) is 19.4. The Morgan fingerprint density at radius 1 is 1.23 bits per heavy atom. The molecule has 2 heterocycles. The molecule has 17 nitrogen and oxygen atoms in total. The smallest absolute Gasteiger partial charge is 0.389 e. The van der Waals surface area contributed by atoms with Gasteiger partial charge in [0.1, 0.15) is 23.9 Å². The summed E-state index contributed by atoms with van der Waals surface area (Å²) < 4.78 is 51.2. The lowest BCUT2D eigenvalue weighted by Crippen LogP contribution is -2.31. The molecule has 1 saturated heterocycles. The van der Waals surface area contributed by atoms with Gasteiger partial charge in [0.25, 0.3) is 0 Å². The van der Waals surface area contributed by atoms with E-state index in [0.29, 0.717) is 0 Å². The molecule has 1 aromatic rings. The number of aliphatic hydroxyl groups excluding tert-OH is 1. The summed E-state index contributed by atoms with van der Waals surface area (Å²) >= 11 is 0. The monoisotopic (exact) mass is 492 g/mol. The van der Waals surface area contributed by atoms with Gasteiger partial charge in [0.2, 0.25) is 0 Å². The molecule has 1 aliphatic heterocycles. The van der Waals surface area contributed by atoms with E-state index < -0.39 is 60.1 Å². The SMILES string of the molecule is N#C[C@@H]1[C@H](O)[C@@H](COP(=O)(O)OP(=O)(O)OP(=O)(O)O)O[C@H]1n1ccc(N)nc1=O. The number of ether oxygens (including phenoxy) is 1. The van der Waals surface area contributed by atoms with Crippen molar-refractivity contribution in [2.45, 2.75) is 18.4 Å². The van der Waals surface area contributed by atoms with Crippen molar-refractivity contribution in [1.82, 2.24) is 9.55 Å². The van der Waals surface area contributed by atoms with E-state index in [-0.39, 0.29) is 5.82 Å². The molecule has 1 fully saturated rings.